The van der Waals surface area contributed by atoms with Crippen LogP contribution in [0.2, 0.25) is 0 Å². The van der Waals surface area contributed by atoms with Crippen LogP contribution in [0.4, 0.5) is 0 Å². The molecule has 0 amide bonds. The van der Waals surface area contributed by atoms with Gasteiger partial charge in [0.1, 0.15) is 20.0 Å². The number of fused-ring (bicyclic) bond motifs is 3. The molecule has 4 aliphatic rings. The number of piperidine rings is 3. The molecule has 104 valence electrons. The summed E-state index contributed by atoms with van der Waals surface area (Å²) in [7, 11) is 3.47. The van der Waals surface area contributed by atoms with Gasteiger partial charge < -0.3 is 0 Å². The van der Waals surface area contributed by atoms with Crippen molar-refractivity contribution in [3.63, 3.8) is 0 Å². The van der Waals surface area contributed by atoms with E-state index in [1.165, 1.54) is 38.9 Å². The van der Waals surface area contributed by atoms with E-state index in [1.807, 2.05) is 10.1 Å². The Kier molecular flexibility index (Phi) is 3.57. The molecule has 4 heterocycles. The van der Waals surface area contributed by atoms with Crippen LogP contribution < -0.4 is 0 Å². The van der Waals surface area contributed by atoms with Gasteiger partial charge in [0.25, 0.3) is 0 Å². The van der Waals surface area contributed by atoms with Gasteiger partial charge in [-0.2, -0.15) is 10.1 Å². The monoisotopic (exact) mass is 257 g/mol. The highest BCUT2D eigenvalue weighted by Gasteiger charge is 2.47. The SMILES string of the molecule is CON1CN(OC)CN([N+]23CCC(CC2)CC3)C1. The molecule has 0 saturated carbocycles. The third kappa shape index (κ3) is 2.17. The first-order valence-electron chi connectivity index (χ1n) is 6.95. The van der Waals surface area contributed by atoms with E-state index in [2.05, 4.69) is 5.01 Å². The second-order valence-corrected chi connectivity index (χ2v) is 5.76. The molecule has 2 bridgehead atoms. The van der Waals surface area contributed by atoms with Crippen LogP contribution in [0.25, 0.3) is 0 Å². The van der Waals surface area contributed by atoms with Crippen molar-refractivity contribution >= 4 is 0 Å². The average Bonchev–Trinajstić information content (AvgIpc) is 2.48. The normalized spacial score (nSPS) is 39.3. The Bertz CT molecular complexity index is 268. The Balaban J connectivity index is 1.73. The molecule has 0 radical (unpaired) electrons. The van der Waals surface area contributed by atoms with E-state index in [1.54, 1.807) is 14.2 Å². The van der Waals surface area contributed by atoms with Crippen LogP contribution in [0.3, 0.4) is 0 Å². The molecule has 0 spiro atoms. The van der Waals surface area contributed by atoms with Crippen LogP contribution in [0.1, 0.15) is 19.3 Å². The summed E-state index contributed by atoms with van der Waals surface area (Å²) in [6, 6.07) is 0. The van der Waals surface area contributed by atoms with E-state index in [-0.39, 0.29) is 0 Å². The first kappa shape index (κ1) is 12.8. The molecule has 0 N–H and O–H groups in total. The number of rotatable bonds is 3. The van der Waals surface area contributed by atoms with Gasteiger partial charge >= 0.3 is 0 Å². The number of hydrogen-bond acceptors (Lipinski definition) is 5. The van der Waals surface area contributed by atoms with Gasteiger partial charge in [0.2, 0.25) is 0 Å². The molecule has 4 aliphatic heterocycles. The number of hydrogen-bond donors (Lipinski definition) is 0. The minimum Gasteiger partial charge on any atom is -0.299 e. The summed E-state index contributed by atoms with van der Waals surface area (Å²) in [4.78, 5) is 10.8. The molecule has 4 saturated heterocycles. The van der Waals surface area contributed by atoms with Crippen LogP contribution in [-0.2, 0) is 9.68 Å². The smallest absolute Gasteiger partial charge is 0.126 e. The van der Waals surface area contributed by atoms with Gasteiger partial charge in [-0.3, -0.25) is 9.68 Å². The van der Waals surface area contributed by atoms with Crippen molar-refractivity contribution < 1.29 is 14.3 Å². The standard InChI is InChI=1S/C12H25N4O2/c1-17-14-9-13(10-15(11-14)18-2)16-6-3-12(4-7-16)5-8-16/h12H,3-11H2,1-2H3/q+1. The fourth-order valence-electron chi connectivity index (χ4n) is 3.63. The van der Waals surface area contributed by atoms with Gasteiger partial charge in [0.05, 0.1) is 33.9 Å². The highest BCUT2D eigenvalue weighted by molar-refractivity contribution is 4.71. The van der Waals surface area contributed by atoms with E-state index in [0.717, 1.165) is 23.8 Å². The lowest BCUT2D eigenvalue weighted by atomic mass is 9.87. The minimum atomic E-state index is 0.714. The van der Waals surface area contributed by atoms with Crippen molar-refractivity contribution in [2.24, 2.45) is 5.92 Å². The van der Waals surface area contributed by atoms with Gasteiger partial charge in [-0.25, -0.2) is 4.59 Å². The van der Waals surface area contributed by atoms with Gasteiger partial charge in [0, 0.05) is 19.3 Å². The third-order valence-electron chi connectivity index (χ3n) is 4.93. The molecular weight excluding hydrogens is 232 g/mol. The summed E-state index contributed by atoms with van der Waals surface area (Å²) in [5.74, 6) is 0.992. The minimum absolute atomic E-state index is 0.714. The average molecular weight is 257 g/mol. The maximum Gasteiger partial charge on any atom is 0.126 e. The predicted molar refractivity (Wildman–Crippen MR) is 66.3 cm³/mol. The van der Waals surface area contributed by atoms with Crippen LogP contribution in [0, 0.1) is 5.92 Å². The molecule has 6 nitrogen and oxygen atoms in total. The maximum atomic E-state index is 5.41. The number of nitrogens with zero attached hydrogens (tertiary/aromatic N) is 4. The fourth-order valence-corrected chi connectivity index (χ4v) is 3.63. The molecule has 0 aromatic heterocycles. The topological polar surface area (TPSA) is 28.2 Å². The molecule has 0 unspecified atom stereocenters. The van der Waals surface area contributed by atoms with E-state index >= 15 is 0 Å². The summed E-state index contributed by atoms with van der Waals surface area (Å²) >= 11 is 0. The lowest BCUT2D eigenvalue weighted by Gasteiger charge is -2.56. The summed E-state index contributed by atoms with van der Waals surface area (Å²) in [5, 5.41) is 6.42. The van der Waals surface area contributed by atoms with Crippen molar-refractivity contribution in [2.45, 2.75) is 19.3 Å². The van der Waals surface area contributed by atoms with Crippen LogP contribution >= 0.6 is 0 Å². The van der Waals surface area contributed by atoms with E-state index < -0.39 is 0 Å². The Hall–Kier alpha value is -0.240. The number of hydroxylamine groups is 4. The predicted octanol–water partition coefficient (Wildman–Crippen LogP) is 0.447. The van der Waals surface area contributed by atoms with Crippen molar-refractivity contribution in [1.29, 1.82) is 0 Å². The highest BCUT2D eigenvalue weighted by Crippen LogP contribution is 2.35. The van der Waals surface area contributed by atoms with Crippen molar-refractivity contribution in [1.82, 2.24) is 15.1 Å². The van der Waals surface area contributed by atoms with E-state index in [0.29, 0.717) is 6.67 Å². The summed E-state index contributed by atoms with van der Waals surface area (Å²) in [6.45, 7) is 6.34. The van der Waals surface area contributed by atoms with Crippen molar-refractivity contribution in [2.75, 3.05) is 53.9 Å². The van der Waals surface area contributed by atoms with Crippen LogP contribution in [0.15, 0.2) is 0 Å². The first-order valence-corrected chi connectivity index (χ1v) is 6.95. The highest BCUT2D eigenvalue weighted by atomic mass is 16.7. The van der Waals surface area contributed by atoms with Crippen LogP contribution in [0.5, 0.6) is 0 Å². The van der Waals surface area contributed by atoms with Gasteiger partial charge in [-0.05, 0) is 5.92 Å². The molecular formula is C12H25N4O2+. The van der Waals surface area contributed by atoms with E-state index in [4.69, 9.17) is 9.68 Å². The molecule has 6 heteroatoms. The molecule has 0 aromatic carbocycles. The Morgan fingerprint density at radius 3 is 1.78 bits per heavy atom. The molecule has 18 heavy (non-hydrogen) atoms. The molecule has 4 rings (SSSR count). The second kappa shape index (κ2) is 5.03. The largest absolute Gasteiger partial charge is 0.299 e. The Labute approximate surface area is 109 Å². The summed E-state index contributed by atoms with van der Waals surface area (Å²) < 4.78 is 1.14. The molecule has 0 aromatic rings. The Morgan fingerprint density at radius 1 is 0.833 bits per heavy atom. The first-order chi connectivity index (χ1) is 8.75. The van der Waals surface area contributed by atoms with E-state index in [9.17, 15) is 0 Å². The summed E-state index contributed by atoms with van der Waals surface area (Å²) in [5.41, 5.74) is 0. The lowest BCUT2D eigenvalue weighted by Crippen LogP contribution is -2.72. The van der Waals surface area contributed by atoms with Gasteiger partial charge in [-0.15, -0.1) is 5.01 Å². The summed E-state index contributed by atoms with van der Waals surface area (Å²) in [6.07, 6.45) is 4.16. The zero-order chi connectivity index (χ0) is 12.6. The second-order valence-electron chi connectivity index (χ2n) is 5.76. The Morgan fingerprint density at radius 2 is 1.33 bits per heavy atom. The third-order valence-corrected chi connectivity index (χ3v) is 4.93. The lowest BCUT2D eigenvalue weighted by molar-refractivity contribution is -1.05. The van der Waals surface area contributed by atoms with Crippen molar-refractivity contribution in [3.8, 4) is 0 Å². The molecule has 4 fully saturated rings. The molecule has 0 atom stereocenters. The molecule has 0 aliphatic carbocycles. The zero-order valence-corrected chi connectivity index (χ0v) is 11.5. The van der Waals surface area contributed by atoms with Gasteiger partial charge in [-0.1, -0.05) is 0 Å². The van der Waals surface area contributed by atoms with Crippen LogP contribution in [-0.4, -0.2) is 73.6 Å². The maximum absolute atomic E-state index is 5.41. The van der Waals surface area contributed by atoms with Gasteiger partial charge in [0.15, 0.2) is 0 Å². The van der Waals surface area contributed by atoms with Crippen molar-refractivity contribution in [3.05, 3.63) is 0 Å². The number of quaternary nitrogens is 1. The fraction of sp³-hybridized carbons (Fsp3) is 1.00. The zero-order valence-electron chi connectivity index (χ0n) is 11.5. The quantitative estimate of drug-likeness (QED) is 0.685.